The van der Waals surface area contributed by atoms with Crippen molar-refractivity contribution < 1.29 is 13.2 Å². The number of alkyl halides is 3. The molecule has 0 aliphatic heterocycles. The lowest BCUT2D eigenvalue weighted by atomic mass is 10.2. The first-order chi connectivity index (χ1) is 7.59. The molecule has 2 rings (SSSR count). The normalized spacial score (nSPS) is 13.5. The van der Waals surface area contributed by atoms with Crippen LogP contribution in [0.1, 0.15) is 0 Å². The van der Waals surface area contributed by atoms with E-state index in [1.165, 1.54) is 10.9 Å². The molecule has 1 aromatic heterocycles. The number of rotatable bonds is 3. The lowest BCUT2D eigenvalue weighted by Crippen LogP contribution is -2.20. The molecule has 0 saturated carbocycles. The van der Waals surface area contributed by atoms with E-state index in [2.05, 4.69) is 5.10 Å². The molecular weight excluding hydrogens is 219 g/mol. The van der Waals surface area contributed by atoms with Gasteiger partial charge in [0.25, 0.3) is 6.43 Å². The van der Waals surface area contributed by atoms with Gasteiger partial charge >= 0.3 is 0 Å². The third-order valence-corrected chi connectivity index (χ3v) is 2.34. The van der Waals surface area contributed by atoms with E-state index in [1.807, 2.05) is 0 Å². The van der Waals surface area contributed by atoms with E-state index in [1.54, 1.807) is 18.2 Å². The SMILES string of the molecule is Nc1cccc2c1cnn2CC(F)C(F)F. The van der Waals surface area contributed by atoms with Gasteiger partial charge in [-0.3, -0.25) is 4.68 Å². The van der Waals surface area contributed by atoms with E-state index in [0.29, 0.717) is 16.6 Å². The third kappa shape index (κ3) is 1.82. The second-order valence-electron chi connectivity index (χ2n) is 3.46. The Labute approximate surface area is 89.7 Å². The van der Waals surface area contributed by atoms with Crippen molar-refractivity contribution in [1.82, 2.24) is 9.78 Å². The third-order valence-electron chi connectivity index (χ3n) is 2.34. The van der Waals surface area contributed by atoms with Gasteiger partial charge in [-0.1, -0.05) is 6.07 Å². The number of halogens is 3. The molecule has 3 nitrogen and oxygen atoms in total. The monoisotopic (exact) mass is 229 g/mol. The topological polar surface area (TPSA) is 43.8 Å². The van der Waals surface area contributed by atoms with Crippen molar-refractivity contribution >= 4 is 16.6 Å². The van der Waals surface area contributed by atoms with Crippen molar-refractivity contribution in [3.8, 4) is 0 Å². The summed E-state index contributed by atoms with van der Waals surface area (Å²) in [6, 6.07) is 5.01. The summed E-state index contributed by atoms with van der Waals surface area (Å²) in [6.07, 6.45) is -3.77. The van der Waals surface area contributed by atoms with Crippen LogP contribution in [0.5, 0.6) is 0 Å². The zero-order valence-electron chi connectivity index (χ0n) is 8.28. The predicted octanol–water partition coefficient (Wildman–Crippen LogP) is 2.22. The Kier molecular flexibility index (Phi) is 2.72. The molecule has 0 aliphatic rings. The van der Waals surface area contributed by atoms with Crippen molar-refractivity contribution in [2.75, 3.05) is 5.73 Å². The molecule has 0 radical (unpaired) electrons. The molecule has 0 spiro atoms. The summed E-state index contributed by atoms with van der Waals surface area (Å²) >= 11 is 0. The number of hydrogen-bond donors (Lipinski definition) is 1. The molecule has 0 amide bonds. The molecule has 1 heterocycles. The van der Waals surface area contributed by atoms with Crippen LogP contribution in [0.15, 0.2) is 24.4 Å². The smallest absolute Gasteiger partial charge is 0.271 e. The van der Waals surface area contributed by atoms with Gasteiger partial charge in [0.05, 0.1) is 18.3 Å². The number of anilines is 1. The minimum Gasteiger partial charge on any atom is -0.398 e. The Bertz CT molecular complexity index is 495. The van der Waals surface area contributed by atoms with E-state index in [9.17, 15) is 13.2 Å². The Morgan fingerprint density at radius 2 is 2.06 bits per heavy atom. The van der Waals surface area contributed by atoms with E-state index >= 15 is 0 Å². The number of hydrogen-bond acceptors (Lipinski definition) is 2. The summed E-state index contributed by atoms with van der Waals surface area (Å²) in [6.45, 7) is -0.468. The van der Waals surface area contributed by atoms with E-state index < -0.39 is 19.1 Å². The zero-order valence-corrected chi connectivity index (χ0v) is 8.28. The van der Waals surface area contributed by atoms with Gasteiger partial charge in [-0.2, -0.15) is 5.10 Å². The van der Waals surface area contributed by atoms with Gasteiger partial charge in [0.2, 0.25) is 0 Å². The fourth-order valence-corrected chi connectivity index (χ4v) is 1.52. The first-order valence-corrected chi connectivity index (χ1v) is 4.72. The Hall–Kier alpha value is -1.72. The number of nitrogens with zero attached hydrogens (tertiary/aromatic N) is 2. The molecule has 0 saturated heterocycles. The van der Waals surface area contributed by atoms with Crippen LogP contribution in [-0.4, -0.2) is 22.4 Å². The fourth-order valence-electron chi connectivity index (χ4n) is 1.52. The minimum atomic E-state index is -3.00. The highest BCUT2D eigenvalue weighted by Crippen LogP contribution is 2.21. The highest BCUT2D eigenvalue weighted by atomic mass is 19.3. The molecular formula is C10H10F3N3. The largest absolute Gasteiger partial charge is 0.398 e. The summed E-state index contributed by atoms with van der Waals surface area (Å²) in [4.78, 5) is 0. The number of nitrogen functional groups attached to an aromatic ring is 1. The molecule has 0 fully saturated rings. The maximum Gasteiger partial charge on any atom is 0.271 e. The van der Waals surface area contributed by atoms with Gasteiger partial charge in [-0.25, -0.2) is 13.2 Å². The van der Waals surface area contributed by atoms with Crippen LogP contribution in [0.2, 0.25) is 0 Å². The second-order valence-corrected chi connectivity index (χ2v) is 3.46. The molecule has 2 aromatic rings. The number of aromatic nitrogens is 2. The van der Waals surface area contributed by atoms with Crippen molar-refractivity contribution in [2.24, 2.45) is 0 Å². The maximum atomic E-state index is 12.9. The van der Waals surface area contributed by atoms with Gasteiger partial charge in [0.15, 0.2) is 6.17 Å². The van der Waals surface area contributed by atoms with Gasteiger partial charge in [0, 0.05) is 11.1 Å². The highest BCUT2D eigenvalue weighted by molar-refractivity contribution is 5.90. The van der Waals surface area contributed by atoms with Crippen molar-refractivity contribution in [2.45, 2.75) is 19.1 Å². The van der Waals surface area contributed by atoms with Gasteiger partial charge in [-0.05, 0) is 12.1 Å². The first kappa shape index (κ1) is 10.8. The predicted molar refractivity (Wildman–Crippen MR) is 55.0 cm³/mol. The van der Waals surface area contributed by atoms with Gasteiger partial charge < -0.3 is 5.73 Å². The fraction of sp³-hybridized carbons (Fsp3) is 0.300. The van der Waals surface area contributed by atoms with Gasteiger partial charge in [0.1, 0.15) is 0 Å². The van der Waals surface area contributed by atoms with Gasteiger partial charge in [-0.15, -0.1) is 0 Å². The van der Waals surface area contributed by atoms with Crippen LogP contribution in [-0.2, 0) is 6.54 Å². The van der Waals surface area contributed by atoms with Crippen LogP contribution in [0.4, 0.5) is 18.9 Å². The lowest BCUT2D eigenvalue weighted by molar-refractivity contribution is 0.0394. The number of benzene rings is 1. The Morgan fingerprint density at radius 3 is 2.75 bits per heavy atom. The number of nitrogens with two attached hydrogens (primary N) is 1. The molecule has 1 unspecified atom stereocenters. The summed E-state index contributed by atoms with van der Waals surface area (Å²) in [5.74, 6) is 0. The molecule has 1 aromatic carbocycles. The second kappa shape index (κ2) is 4.03. The summed E-state index contributed by atoms with van der Waals surface area (Å²) < 4.78 is 38.2. The van der Waals surface area contributed by atoms with Crippen LogP contribution in [0.3, 0.4) is 0 Å². The first-order valence-electron chi connectivity index (χ1n) is 4.72. The molecule has 6 heteroatoms. The Morgan fingerprint density at radius 1 is 1.31 bits per heavy atom. The van der Waals surface area contributed by atoms with Crippen LogP contribution >= 0.6 is 0 Å². The average molecular weight is 229 g/mol. The lowest BCUT2D eigenvalue weighted by Gasteiger charge is -2.08. The van der Waals surface area contributed by atoms with Crippen molar-refractivity contribution in [1.29, 1.82) is 0 Å². The van der Waals surface area contributed by atoms with Crippen LogP contribution in [0, 0.1) is 0 Å². The summed E-state index contributed by atoms with van der Waals surface area (Å²) in [5.41, 5.74) is 6.72. The Balaban J connectivity index is 2.36. The van der Waals surface area contributed by atoms with Crippen LogP contribution in [0.25, 0.3) is 10.9 Å². The van der Waals surface area contributed by atoms with E-state index in [-0.39, 0.29) is 0 Å². The summed E-state index contributed by atoms with van der Waals surface area (Å²) in [5, 5.41) is 4.48. The molecule has 1 atom stereocenters. The molecule has 0 aliphatic carbocycles. The highest BCUT2D eigenvalue weighted by Gasteiger charge is 2.20. The molecule has 2 N–H and O–H groups in total. The van der Waals surface area contributed by atoms with Crippen molar-refractivity contribution in [3.63, 3.8) is 0 Å². The molecule has 0 bridgehead atoms. The quantitative estimate of drug-likeness (QED) is 0.820. The molecule has 86 valence electrons. The van der Waals surface area contributed by atoms with Crippen LogP contribution < -0.4 is 5.73 Å². The molecule has 16 heavy (non-hydrogen) atoms. The standard InChI is InChI=1S/C10H10F3N3/c11-7(10(12)13)5-16-9-3-1-2-8(14)6(9)4-15-16/h1-4,7,10H,5,14H2. The average Bonchev–Trinajstić information content (AvgIpc) is 2.63. The van der Waals surface area contributed by atoms with E-state index in [0.717, 1.165) is 0 Å². The minimum absolute atomic E-state index is 0.468. The summed E-state index contributed by atoms with van der Waals surface area (Å²) in [7, 11) is 0. The van der Waals surface area contributed by atoms with Crippen molar-refractivity contribution in [3.05, 3.63) is 24.4 Å². The maximum absolute atomic E-state index is 12.9. The number of fused-ring (bicyclic) bond motifs is 1. The zero-order chi connectivity index (χ0) is 11.7. The van der Waals surface area contributed by atoms with E-state index in [4.69, 9.17) is 5.73 Å².